The largest absolute Gasteiger partial charge is 0.375 e. The second-order valence-electron chi connectivity index (χ2n) is 8.95. The van der Waals surface area contributed by atoms with Crippen LogP contribution in [0.15, 0.2) is 47.4 Å². The van der Waals surface area contributed by atoms with Gasteiger partial charge in [-0.25, -0.2) is 26.3 Å². The predicted octanol–water partition coefficient (Wildman–Crippen LogP) is 3.11. The van der Waals surface area contributed by atoms with Crippen molar-refractivity contribution >= 4 is 31.4 Å². The molecule has 0 amide bonds. The van der Waals surface area contributed by atoms with Crippen molar-refractivity contribution in [2.75, 3.05) is 5.32 Å². The molecule has 0 aliphatic carbocycles. The Labute approximate surface area is 195 Å². The molecule has 0 atom stereocenters. The van der Waals surface area contributed by atoms with E-state index < -0.39 is 36.2 Å². The summed E-state index contributed by atoms with van der Waals surface area (Å²) in [4.78, 5) is 10.7. The van der Waals surface area contributed by atoms with Gasteiger partial charge in [0.15, 0.2) is 0 Å². The van der Waals surface area contributed by atoms with Gasteiger partial charge in [0.25, 0.3) is 5.69 Å². The second kappa shape index (κ2) is 10.2. The zero-order valence-electron chi connectivity index (χ0n) is 19.2. The van der Waals surface area contributed by atoms with Crippen LogP contribution in [0, 0.1) is 10.1 Å². The van der Waals surface area contributed by atoms with E-state index in [9.17, 15) is 26.9 Å². The van der Waals surface area contributed by atoms with Gasteiger partial charge in [0.05, 0.1) is 15.6 Å². The fourth-order valence-electron chi connectivity index (χ4n) is 3.11. The number of hydrogen-bond donors (Lipinski definition) is 3. The molecule has 0 radical (unpaired) electrons. The van der Waals surface area contributed by atoms with Crippen LogP contribution in [0.2, 0.25) is 0 Å². The molecular weight excluding hydrogens is 468 g/mol. The summed E-state index contributed by atoms with van der Waals surface area (Å²) in [7, 11) is -7.51. The summed E-state index contributed by atoms with van der Waals surface area (Å²) in [5.74, 6) is -0.235. The Morgan fingerprint density at radius 1 is 1.00 bits per heavy atom. The molecule has 0 unspecified atom stereocenters. The van der Waals surface area contributed by atoms with E-state index in [-0.39, 0.29) is 28.9 Å². The Balaban J connectivity index is 2.30. The lowest BCUT2D eigenvalue weighted by Gasteiger charge is -2.20. The molecule has 0 saturated carbocycles. The van der Waals surface area contributed by atoms with Crippen LogP contribution in [0.25, 0.3) is 0 Å². The molecule has 0 aliphatic heterocycles. The number of sulfonamides is 2. The number of anilines is 1. The van der Waals surface area contributed by atoms with E-state index in [1.54, 1.807) is 58.9 Å². The molecule has 0 bridgehead atoms. The minimum atomic E-state index is -3.95. The third-order valence-electron chi connectivity index (χ3n) is 4.27. The smallest absolute Gasteiger partial charge is 0.293 e. The molecule has 2 rings (SSSR count). The van der Waals surface area contributed by atoms with Crippen molar-refractivity contribution in [1.82, 2.24) is 9.44 Å². The van der Waals surface area contributed by atoms with Gasteiger partial charge < -0.3 is 5.32 Å². The van der Waals surface area contributed by atoms with Crippen molar-refractivity contribution in [2.45, 2.75) is 63.4 Å². The molecule has 12 heteroatoms. The topological polar surface area (TPSA) is 148 Å². The highest BCUT2D eigenvalue weighted by Crippen LogP contribution is 2.29. The van der Waals surface area contributed by atoms with Crippen molar-refractivity contribution < 1.29 is 21.8 Å². The minimum Gasteiger partial charge on any atom is -0.375 e. The van der Waals surface area contributed by atoms with Crippen LogP contribution in [-0.4, -0.2) is 33.3 Å². The first-order valence-electron chi connectivity index (χ1n) is 10.2. The van der Waals surface area contributed by atoms with Crippen LogP contribution in [0.3, 0.4) is 0 Å². The van der Waals surface area contributed by atoms with Gasteiger partial charge in [-0.15, -0.1) is 0 Å². The van der Waals surface area contributed by atoms with E-state index in [1.165, 1.54) is 12.1 Å². The Morgan fingerprint density at radius 2 is 1.61 bits per heavy atom. The Bertz CT molecular complexity index is 1220. The molecular formula is C21H30N4O6S2. The highest BCUT2D eigenvalue weighted by Gasteiger charge is 2.25. The number of nitro benzene ring substituents is 1. The zero-order valence-corrected chi connectivity index (χ0v) is 20.9. The van der Waals surface area contributed by atoms with Crippen LogP contribution in [-0.2, 0) is 32.3 Å². The Hall–Kier alpha value is -2.54. The molecule has 2 aromatic carbocycles. The first kappa shape index (κ1) is 26.7. The third-order valence-corrected chi connectivity index (χ3v) is 7.54. The lowest BCUT2D eigenvalue weighted by atomic mass is 10.1. The zero-order chi connectivity index (χ0) is 25.0. The summed E-state index contributed by atoms with van der Waals surface area (Å²) in [6.07, 6.45) is 0. The molecule has 0 saturated heterocycles. The molecule has 3 N–H and O–H groups in total. The molecule has 0 fully saturated rings. The standard InChI is InChI=1S/C21H30N4O6S2/c1-15(2)23-32(28,29)14-17-9-7-6-8-16(17)13-22-19-11-10-18(12-20(19)25(26)27)33(30,31)24-21(3,4)5/h6-12,15,22-24H,13-14H2,1-5H3. The maximum absolute atomic E-state index is 12.6. The number of rotatable bonds is 10. The average Bonchev–Trinajstić information content (AvgIpc) is 2.63. The lowest BCUT2D eigenvalue weighted by Crippen LogP contribution is -2.40. The van der Waals surface area contributed by atoms with Crippen LogP contribution >= 0.6 is 0 Å². The van der Waals surface area contributed by atoms with E-state index in [1.807, 2.05) is 0 Å². The number of hydrogen-bond acceptors (Lipinski definition) is 7. The van der Waals surface area contributed by atoms with E-state index in [0.717, 1.165) is 6.07 Å². The van der Waals surface area contributed by atoms with E-state index in [0.29, 0.717) is 11.1 Å². The summed E-state index contributed by atoms with van der Waals surface area (Å²) < 4.78 is 54.7. The monoisotopic (exact) mass is 498 g/mol. The van der Waals surface area contributed by atoms with Crippen molar-refractivity contribution in [3.05, 3.63) is 63.7 Å². The van der Waals surface area contributed by atoms with Crippen LogP contribution in [0.4, 0.5) is 11.4 Å². The third kappa shape index (κ3) is 8.07. The highest BCUT2D eigenvalue weighted by molar-refractivity contribution is 7.89. The van der Waals surface area contributed by atoms with Crippen LogP contribution in [0.5, 0.6) is 0 Å². The van der Waals surface area contributed by atoms with Gasteiger partial charge in [-0.05, 0) is 57.9 Å². The Kier molecular flexibility index (Phi) is 8.22. The van der Waals surface area contributed by atoms with Gasteiger partial charge >= 0.3 is 0 Å². The van der Waals surface area contributed by atoms with Crippen molar-refractivity contribution in [2.24, 2.45) is 0 Å². The molecule has 0 heterocycles. The average molecular weight is 499 g/mol. The minimum absolute atomic E-state index is 0.112. The van der Waals surface area contributed by atoms with E-state index in [2.05, 4.69) is 14.8 Å². The first-order chi connectivity index (χ1) is 15.1. The summed E-state index contributed by atoms with van der Waals surface area (Å²) in [5.41, 5.74) is 0.159. The van der Waals surface area contributed by atoms with Crippen LogP contribution < -0.4 is 14.8 Å². The molecule has 33 heavy (non-hydrogen) atoms. The molecule has 2 aromatic rings. The molecule has 0 spiro atoms. The molecule has 0 aliphatic rings. The van der Waals surface area contributed by atoms with Crippen LogP contribution in [0.1, 0.15) is 45.7 Å². The van der Waals surface area contributed by atoms with Gasteiger partial charge in [0.2, 0.25) is 20.0 Å². The number of benzene rings is 2. The maximum Gasteiger partial charge on any atom is 0.293 e. The normalized spacial score (nSPS) is 12.7. The van der Waals surface area contributed by atoms with Crippen molar-refractivity contribution in [1.29, 1.82) is 0 Å². The summed E-state index contributed by atoms with van der Waals surface area (Å²) in [6, 6.07) is 10.2. The Morgan fingerprint density at radius 3 is 2.15 bits per heavy atom. The summed E-state index contributed by atoms with van der Waals surface area (Å²) in [5, 5.41) is 14.6. The van der Waals surface area contributed by atoms with Gasteiger partial charge in [0, 0.05) is 24.2 Å². The van der Waals surface area contributed by atoms with Crippen molar-refractivity contribution in [3.8, 4) is 0 Å². The molecule has 10 nitrogen and oxygen atoms in total. The number of nitro groups is 1. The quantitative estimate of drug-likeness (QED) is 0.337. The second-order valence-corrected chi connectivity index (χ2v) is 12.4. The molecule has 182 valence electrons. The van der Waals surface area contributed by atoms with E-state index >= 15 is 0 Å². The van der Waals surface area contributed by atoms with Gasteiger partial charge in [-0.3, -0.25) is 10.1 Å². The maximum atomic E-state index is 12.6. The lowest BCUT2D eigenvalue weighted by molar-refractivity contribution is -0.384. The summed E-state index contributed by atoms with van der Waals surface area (Å²) >= 11 is 0. The highest BCUT2D eigenvalue weighted by atomic mass is 32.2. The fourth-order valence-corrected chi connectivity index (χ4v) is 6.04. The number of nitrogens with zero attached hydrogens (tertiary/aromatic N) is 1. The number of nitrogens with one attached hydrogen (secondary N) is 3. The van der Waals surface area contributed by atoms with Gasteiger partial charge in [-0.2, -0.15) is 0 Å². The van der Waals surface area contributed by atoms with Gasteiger partial charge in [0.1, 0.15) is 5.69 Å². The summed E-state index contributed by atoms with van der Waals surface area (Å²) in [6.45, 7) is 8.58. The van der Waals surface area contributed by atoms with E-state index in [4.69, 9.17) is 0 Å². The first-order valence-corrected chi connectivity index (χ1v) is 13.4. The SMILES string of the molecule is CC(C)NS(=O)(=O)Cc1ccccc1CNc1ccc(S(=O)(=O)NC(C)(C)C)cc1[N+](=O)[O-]. The molecule has 0 aromatic heterocycles. The van der Waals surface area contributed by atoms with Crippen molar-refractivity contribution in [3.63, 3.8) is 0 Å². The predicted molar refractivity (Wildman–Crippen MR) is 128 cm³/mol. The van der Waals surface area contributed by atoms with Gasteiger partial charge in [-0.1, -0.05) is 24.3 Å². The fraction of sp³-hybridized carbons (Fsp3) is 0.429.